The van der Waals surface area contributed by atoms with Gasteiger partial charge in [0.1, 0.15) is 15.7 Å². The van der Waals surface area contributed by atoms with Crippen molar-refractivity contribution in [3.8, 4) is 0 Å². The molecule has 1 atom stereocenters. The molecule has 0 radical (unpaired) electrons. The van der Waals surface area contributed by atoms with Crippen molar-refractivity contribution < 1.29 is 17.9 Å². The van der Waals surface area contributed by atoms with E-state index in [4.69, 9.17) is 0 Å². The van der Waals surface area contributed by atoms with Crippen LogP contribution >= 0.6 is 0 Å². The average molecular weight is 260 g/mol. The summed E-state index contributed by atoms with van der Waals surface area (Å²) in [6, 6.07) is 5.93. The van der Waals surface area contributed by atoms with E-state index in [1.165, 1.54) is 18.4 Å². The van der Waals surface area contributed by atoms with Crippen LogP contribution in [0.5, 0.6) is 0 Å². The Morgan fingerprint density at radius 3 is 2.35 bits per heavy atom. The molecule has 0 bridgehead atoms. The van der Waals surface area contributed by atoms with Gasteiger partial charge in [0.15, 0.2) is 0 Å². The molecule has 1 rings (SSSR count). The zero-order chi connectivity index (χ0) is 12.9. The number of rotatable bonds is 6. The van der Waals surface area contributed by atoms with Gasteiger partial charge in [0.05, 0.1) is 0 Å². The zero-order valence-corrected chi connectivity index (χ0v) is 10.6. The second-order valence-corrected chi connectivity index (χ2v) is 6.46. The Labute approximate surface area is 101 Å². The fourth-order valence-corrected chi connectivity index (χ4v) is 2.38. The van der Waals surface area contributed by atoms with Crippen molar-refractivity contribution in [2.24, 2.45) is 0 Å². The van der Waals surface area contributed by atoms with Crippen molar-refractivity contribution in [3.05, 3.63) is 35.6 Å². The minimum Gasteiger partial charge on any atom is -0.396 e. The van der Waals surface area contributed by atoms with Crippen molar-refractivity contribution in [2.45, 2.75) is 18.8 Å². The summed E-state index contributed by atoms with van der Waals surface area (Å²) in [5, 5.41) is 9.24. The highest BCUT2D eigenvalue weighted by Gasteiger charge is 2.12. The Hall–Kier alpha value is -0.940. The van der Waals surface area contributed by atoms with Crippen LogP contribution < -0.4 is 0 Å². The van der Waals surface area contributed by atoms with E-state index in [1.54, 1.807) is 12.1 Å². The van der Waals surface area contributed by atoms with Gasteiger partial charge in [0.2, 0.25) is 0 Å². The van der Waals surface area contributed by atoms with E-state index in [9.17, 15) is 17.9 Å². The Balaban J connectivity index is 2.57. The van der Waals surface area contributed by atoms with Gasteiger partial charge >= 0.3 is 0 Å². The molecule has 0 aromatic heterocycles. The van der Waals surface area contributed by atoms with Gasteiger partial charge in [-0.25, -0.2) is 12.8 Å². The van der Waals surface area contributed by atoms with Gasteiger partial charge in [-0.15, -0.1) is 0 Å². The highest BCUT2D eigenvalue weighted by molar-refractivity contribution is 7.90. The maximum absolute atomic E-state index is 12.7. The predicted molar refractivity (Wildman–Crippen MR) is 65.2 cm³/mol. The average Bonchev–Trinajstić information content (AvgIpc) is 2.24. The van der Waals surface area contributed by atoms with Crippen molar-refractivity contribution >= 4 is 9.84 Å². The highest BCUT2D eigenvalue weighted by Crippen LogP contribution is 2.21. The molecular formula is C12H17FO3S. The molecule has 1 aromatic rings. The summed E-state index contributed by atoms with van der Waals surface area (Å²) in [7, 11) is -2.96. The molecule has 3 nitrogen and oxygen atoms in total. The van der Waals surface area contributed by atoms with Crippen molar-refractivity contribution in [1.29, 1.82) is 0 Å². The zero-order valence-electron chi connectivity index (χ0n) is 9.77. The largest absolute Gasteiger partial charge is 0.396 e. The number of hydrogen-bond donors (Lipinski definition) is 1. The first-order valence-electron chi connectivity index (χ1n) is 5.46. The topological polar surface area (TPSA) is 54.4 Å². The van der Waals surface area contributed by atoms with E-state index in [0.29, 0.717) is 12.8 Å². The van der Waals surface area contributed by atoms with Gasteiger partial charge < -0.3 is 5.11 Å². The Morgan fingerprint density at radius 2 is 1.88 bits per heavy atom. The summed E-state index contributed by atoms with van der Waals surface area (Å²) in [4.78, 5) is 0. The summed E-state index contributed by atoms with van der Waals surface area (Å²) in [5.74, 6) is -0.330. The Morgan fingerprint density at radius 1 is 1.29 bits per heavy atom. The number of aliphatic hydroxyl groups is 1. The molecule has 0 spiro atoms. The molecule has 0 amide bonds. The van der Waals surface area contributed by atoms with Crippen LogP contribution in [0.15, 0.2) is 24.3 Å². The van der Waals surface area contributed by atoms with Crippen molar-refractivity contribution in [2.75, 3.05) is 18.6 Å². The second-order valence-electron chi connectivity index (χ2n) is 4.20. The van der Waals surface area contributed by atoms with Crippen molar-refractivity contribution in [1.82, 2.24) is 0 Å². The molecule has 0 saturated heterocycles. The molecule has 0 heterocycles. The highest BCUT2D eigenvalue weighted by atomic mass is 32.2. The van der Waals surface area contributed by atoms with E-state index in [1.807, 2.05) is 0 Å². The third-order valence-electron chi connectivity index (χ3n) is 2.63. The first-order chi connectivity index (χ1) is 7.92. The fraction of sp³-hybridized carbons (Fsp3) is 0.500. The van der Waals surface area contributed by atoms with Crippen LogP contribution in [-0.2, 0) is 9.84 Å². The number of benzene rings is 1. The molecule has 0 fully saturated rings. The van der Waals surface area contributed by atoms with Crippen LogP contribution in [-0.4, -0.2) is 32.1 Å². The molecule has 17 heavy (non-hydrogen) atoms. The smallest absolute Gasteiger partial charge is 0.147 e. The molecule has 0 saturated carbocycles. The van der Waals surface area contributed by atoms with Crippen LogP contribution in [0.4, 0.5) is 4.39 Å². The van der Waals surface area contributed by atoms with E-state index in [2.05, 4.69) is 0 Å². The van der Waals surface area contributed by atoms with E-state index < -0.39 is 9.84 Å². The van der Waals surface area contributed by atoms with Gasteiger partial charge in [-0.05, 0) is 30.5 Å². The van der Waals surface area contributed by atoms with Gasteiger partial charge in [-0.2, -0.15) is 0 Å². The molecule has 5 heteroatoms. The maximum Gasteiger partial charge on any atom is 0.147 e. The number of aliphatic hydroxyl groups excluding tert-OH is 1. The van der Waals surface area contributed by atoms with Gasteiger partial charge in [0.25, 0.3) is 0 Å². The minimum absolute atomic E-state index is 0.0601. The molecule has 1 aromatic carbocycles. The second kappa shape index (κ2) is 6.12. The Kier molecular flexibility index (Phi) is 5.08. The summed E-state index contributed by atoms with van der Waals surface area (Å²) in [6.07, 6.45) is 2.27. The SMILES string of the molecule is CS(=O)(=O)CCCC(CO)c1ccc(F)cc1. The lowest BCUT2D eigenvalue weighted by atomic mass is 9.95. The summed E-state index contributed by atoms with van der Waals surface area (Å²) < 4.78 is 34.7. The molecule has 0 aliphatic rings. The third-order valence-corrected chi connectivity index (χ3v) is 3.66. The van der Waals surface area contributed by atoms with E-state index in [0.717, 1.165) is 5.56 Å². The molecule has 0 aliphatic carbocycles. The monoisotopic (exact) mass is 260 g/mol. The standard InChI is InChI=1S/C12H17FO3S/c1-17(15,16)8-2-3-11(9-14)10-4-6-12(13)7-5-10/h4-7,11,14H,2-3,8-9H2,1H3. The number of hydrogen-bond acceptors (Lipinski definition) is 3. The van der Waals surface area contributed by atoms with Crippen LogP contribution in [0.2, 0.25) is 0 Å². The van der Waals surface area contributed by atoms with Crippen LogP contribution in [0.3, 0.4) is 0 Å². The first kappa shape index (κ1) is 14.1. The molecule has 1 unspecified atom stereocenters. The lowest BCUT2D eigenvalue weighted by Gasteiger charge is -2.14. The molecular weight excluding hydrogens is 243 g/mol. The van der Waals surface area contributed by atoms with Gasteiger partial charge in [-0.3, -0.25) is 0 Å². The predicted octanol–water partition coefficient (Wildman–Crippen LogP) is 1.73. The molecule has 1 N–H and O–H groups in total. The molecule has 96 valence electrons. The fourth-order valence-electron chi connectivity index (χ4n) is 1.69. The number of sulfone groups is 1. The summed E-state index contributed by atoms with van der Waals surface area (Å²) >= 11 is 0. The Bertz CT molecular complexity index is 439. The lowest BCUT2D eigenvalue weighted by molar-refractivity contribution is 0.258. The van der Waals surface area contributed by atoms with Crippen LogP contribution in [0, 0.1) is 5.82 Å². The first-order valence-corrected chi connectivity index (χ1v) is 7.52. The minimum atomic E-state index is -2.96. The normalized spacial score (nSPS) is 13.6. The van der Waals surface area contributed by atoms with Gasteiger partial charge in [-0.1, -0.05) is 12.1 Å². The molecule has 0 aliphatic heterocycles. The third kappa shape index (κ3) is 5.28. The number of halogens is 1. The summed E-state index contributed by atoms with van der Waals surface area (Å²) in [6.45, 7) is -0.0601. The maximum atomic E-state index is 12.7. The van der Waals surface area contributed by atoms with Crippen LogP contribution in [0.25, 0.3) is 0 Å². The lowest BCUT2D eigenvalue weighted by Crippen LogP contribution is -2.08. The van der Waals surface area contributed by atoms with E-state index >= 15 is 0 Å². The van der Waals surface area contributed by atoms with Gasteiger partial charge in [0, 0.05) is 24.5 Å². The van der Waals surface area contributed by atoms with E-state index in [-0.39, 0.29) is 24.1 Å². The van der Waals surface area contributed by atoms with Crippen LogP contribution in [0.1, 0.15) is 24.3 Å². The summed E-state index contributed by atoms with van der Waals surface area (Å²) in [5.41, 5.74) is 0.836. The quantitative estimate of drug-likeness (QED) is 0.847. The van der Waals surface area contributed by atoms with Crippen molar-refractivity contribution in [3.63, 3.8) is 0 Å².